The van der Waals surface area contributed by atoms with Gasteiger partial charge in [0.1, 0.15) is 4.90 Å². The van der Waals surface area contributed by atoms with Gasteiger partial charge in [-0.15, -0.1) is 0 Å². The van der Waals surface area contributed by atoms with Gasteiger partial charge in [-0.25, -0.2) is 8.42 Å². The van der Waals surface area contributed by atoms with Crippen LogP contribution in [0.25, 0.3) is 11.0 Å². The zero-order valence-corrected chi connectivity index (χ0v) is 20.4. The highest BCUT2D eigenvalue weighted by atomic mass is 32.2. The van der Waals surface area contributed by atoms with Crippen molar-refractivity contribution in [2.45, 2.75) is 78.0 Å². The van der Waals surface area contributed by atoms with Crippen LogP contribution in [0.2, 0.25) is 0 Å². The smallest absolute Gasteiger partial charge is 0.289 e. The van der Waals surface area contributed by atoms with E-state index in [9.17, 15) is 13.2 Å². The van der Waals surface area contributed by atoms with Gasteiger partial charge in [-0.2, -0.15) is 4.31 Å². The number of carbonyl (C=O) groups is 1. The number of benzene rings is 1. The second kappa shape index (κ2) is 9.74. The second-order valence-electron chi connectivity index (χ2n) is 8.69. The topological polar surface area (TPSA) is 70.8 Å². The van der Waals surface area contributed by atoms with Crippen LogP contribution in [-0.4, -0.2) is 49.7 Å². The first-order valence-corrected chi connectivity index (χ1v) is 13.0. The highest BCUT2D eigenvalue weighted by Crippen LogP contribution is 2.36. The average Bonchev–Trinajstić information content (AvgIpc) is 2.90. The van der Waals surface area contributed by atoms with Crippen LogP contribution >= 0.6 is 0 Å². The van der Waals surface area contributed by atoms with Crippen LogP contribution in [0, 0.1) is 20.8 Å². The van der Waals surface area contributed by atoms with Crippen molar-refractivity contribution in [2.24, 2.45) is 0 Å². The number of nitrogens with zero attached hydrogens (tertiary/aromatic N) is 2. The number of hydrogen-bond acceptors (Lipinski definition) is 4. The number of sulfonamides is 1. The molecule has 2 aromatic rings. The Morgan fingerprint density at radius 2 is 1.58 bits per heavy atom. The maximum absolute atomic E-state index is 13.7. The molecule has 0 radical (unpaired) electrons. The number of carbonyl (C=O) groups excluding carboxylic acids is 1. The third kappa shape index (κ3) is 4.53. The van der Waals surface area contributed by atoms with Gasteiger partial charge in [0, 0.05) is 37.1 Å². The Morgan fingerprint density at radius 1 is 1.00 bits per heavy atom. The van der Waals surface area contributed by atoms with Crippen LogP contribution in [0.5, 0.6) is 0 Å². The maximum atomic E-state index is 13.7. The van der Waals surface area contributed by atoms with Gasteiger partial charge in [0.2, 0.25) is 10.0 Å². The number of fused-ring (bicyclic) bond motifs is 1. The molecule has 1 saturated heterocycles. The van der Waals surface area contributed by atoms with Crippen LogP contribution in [0.1, 0.15) is 79.6 Å². The average molecular weight is 449 g/mol. The Morgan fingerprint density at radius 3 is 2.13 bits per heavy atom. The second-order valence-corrected chi connectivity index (χ2v) is 10.6. The molecule has 1 fully saturated rings. The van der Waals surface area contributed by atoms with Crippen molar-refractivity contribution in [1.29, 1.82) is 0 Å². The molecule has 7 heteroatoms. The number of hydrogen-bond donors (Lipinski definition) is 0. The molecule has 172 valence electrons. The number of furan rings is 1. The molecule has 0 spiro atoms. The van der Waals surface area contributed by atoms with Crippen molar-refractivity contribution in [3.63, 3.8) is 0 Å². The van der Waals surface area contributed by atoms with E-state index in [0.717, 1.165) is 62.7 Å². The van der Waals surface area contributed by atoms with Gasteiger partial charge in [0.05, 0.1) is 0 Å². The van der Waals surface area contributed by atoms with Crippen LogP contribution in [0.3, 0.4) is 0 Å². The summed E-state index contributed by atoms with van der Waals surface area (Å²) in [6.07, 6.45) is 5.73. The van der Waals surface area contributed by atoms with Gasteiger partial charge in [-0.1, -0.05) is 26.7 Å². The van der Waals surface area contributed by atoms with Gasteiger partial charge in [-0.3, -0.25) is 4.79 Å². The molecule has 1 aromatic heterocycles. The summed E-state index contributed by atoms with van der Waals surface area (Å²) in [6, 6.07) is 1.95. The molecular weight excluding hydrogens is 412 g/mol. The molecule has 0 saturated carbocycles. The monoisotopic (exact) mass is 448 g/mol. The molecule has 3 rings (SSSR count). The SMILES string of the molecule is CCCN(CCC)S(=O)(=O)c1c(C)c(C)cc2c(C)c(C(=O)N3CCCCCC3)oc12. The van der Waals surface area contributed by atoms with Crippen molar-refractivity contribution in [1.82, 2.24) is 9.21 Å². The van der Waals surface area contributed by atoms with E-state index in [2.05, 4.69) is 0 Å². The van der Waals surface area contributed by atoms with E-state index in [-0.39, 0.29) is 16.6 Å². The Hall–Kier alpha value is -1.86. The third-order valence-electron chi connectivity index (χ3n) is 6.32. The lowest BCUT2D eigenvalue weighted by Crippen LogP contribution is -2.33. The van der Waals surface area contributed by atoms with Crippen LogP contribution in [0.4, 0.5) is 0 Å². The summed E-state index contributed by atoms with van der Waals surface area (Å²) in [7, 11) is -3.75. The van der Waals surface area contributed by atoms with Crippen LogP contribution in [-0.2, 0) is 10.0 Å². The number of amides is 1. The molecule has 31 heavy (non-hydrogen) atoms. The largest absolute Gasteiger partial charge is 0.449 e. The molecule has 1 aromatic carbocycles. The van der Waals surface area contributed by atoms with E-state index < -0.39 is 10.0 Å². The van der Waals surface area contributed by atoms with E-state index >= 15 is 0 Å². The molecule has 0 atom stereocenters. The highest BCUT2D eigenvalue weighted by Gasteiger charge is 2.32. The summed E-state index contributed by atoms with van der Waals surface area (Å²) >= 11 is 0. The molecule has 0 N–H and O–H groups in total. The zero-order valence-electron chi connectivity index (χ0n) is 19.6. The first kappa shape index (κ1) is 23.8. The summed E-state index contributed by atoms with van der Waals surface area (Å²) in [5.74, 6) is 0.143. The summed E-state index contributed by atoms with van der Waals surface area (Å²) in [5, 5.41) is 0.716. The predicted molar refractivity (Wildman–Crippen MR) is 124 cm³/mol. The van der Waals surface area contributed by atoms with Crippen molar-refractivity contribution in [3.8, 4) is 0 Å². The standard InChI is InChI=1S/C24H36N2O4S/c1-6-12-26(13-7-2)31(28,29)23-18(4)17(3)16-20-19(5)21(30-22(20)23)24(27)25-14-10-8-9-11-15-25/h16H,6-15H2,1-5H3. The number of rotatable bonds is 7. The zero-order chi connectivity index (χ0) is 22.8. The third-order valence-corrected chi connectivity index (χ3v) is 8.38. The lowest BCUT2D eigenvalue weighted by atomic mass is 10.0. The van der Waals surface area contributed by atoms with Gasteiger partial charge in [0.25, 0.3) is 5.91 Å². The first-order valence-electron chi connectivity index (χ1n) is 11.6. The van der Waals surface area contributed by atoms with E-state index in [1.54, 1.807) is 4.31 Å². The summed E-state index contributed by atoms with van der Waals surface area (Å²) in [5.41, 5.74) is 2.61. The quantitative estimate of drug-likeness (QED) is 0.585. The minimum atomic E-state index is -3.75. The summed E-state index contributed by atoms with van der Waals surface area (Å²) in [4.78, 5) is 15.3. The Labute approximate surface area is 186 Å². The first-order chi connectivity index (χ1) is 14.7. The van der Waals surface area contributed by atoms with E-state index in [1.807, 2.05) is 45.6 Å². The minimum absolute atomic E-state index is 0.131. The Kier molecular flexibility index (Phi) is 7.47. The molecule has 1 aliphatic heterocycles. The maximum Gasteiger partial charge on any atom is 0.289 e. The summed E-state index contributed by atoms with van der Waals surface area (Å²) in [6.45, 7) is 11.9. The molecule has 1 amide bonds. The fraction of sp³-hybridized carbons (Fsp3) is 0.625. The molecule has 6 nitrogen and oxygen atoms in total. The van der Waals surface area contributed by atoms with Crippen LogP contribution < -0.4 is 0 Å². The Balaban J connectivity index is 2.18. The van der Waals surface area contributed by atoms with E-state index in [1.165, 1.54) is 0 Å². The normalized spacial score (nSPS) is 15.6. The molecule has 0 bridgehead atoms. The van der Waals surface area contributed by atoms with Crippen molar-refractivity contribution >= 4 is 26.9 Å². The van der Waals surface area contributed by atoms with Gasteiger partial charge >= 0.3 is 0 Å². The van der Waals surface area contributed by atoms with Crippen LogP contribution in [0.15, 0.2) is 15.4 Å². The molecule has 0 aliphatic carbocycles. The van der Waals surface area contributed by atoms with E-state index in [4.69, 9.17) is 4.42 Å². The Bertz CT molecular complexity index is 1040. The minimum Gasteiger partial charge on any atom is -0.449 e. The molecule has 1 aliphatic rings. The fourth-order valence-corrected chi connectivity index (χ4v) is 6.49. The summed E-state index contributed by atoms with van der Waals surface area (Å²) < 4.78 is 35.1. The van der Waals surface area contributed by atoms with Crippen molar-refractivity contribution < 1.29 is 17.6 Å². The fourth-order valence-electron chi connectivity index (χ4n) is 4.45. The predicted octanol–water partition coefficient (Wildman–Crippen LogP) is 5.18. The van der Waals surface area contributed by atoms with Crippen molar-refractivity contribution in [3.05, 3.63) is 28.5 Å². The lowest BCUT2D eigenvalue weighted by molar-refractivity contribution is 0.0730. The number of likely N-dealkylation sites (tertiary alicyclic amines) is 1. The number of aryl methyl sites for hydroxylation is 2. The highest BCUT2D eigenvalue weighted by molar-refractivity contribution is 7.89. The molecule has 0 unspecified atom stereocenters. The molecule has 2 heterocycles. The van der Waals surface area contributed by atoms with Gasteiger partial charge in [0.15, 0.2) is 11.3 Å². The van der Waals surface area contributed by atoms with Gasteiger partial charge in [-0.05, 0) is 63.6 Å². The van der Waals surface area contributed by atoms with Gasteiger partial charge < -0.3 is 9.32 Å². The van der Waals surface area contributed by atoms with E-state index in [0.29, 0.717) is 29.6 Å². The van der Waals surface area contributed by atoms with Crippen molar-refractivity contribution in [2.75, 3.05) is 26.2 Å². The molecular formula is C24H36N2O4S. The lowest BCUT2D eigenvalue weighted by Gasteiger charge is -2.22.